The van der Waals surface area contributed by atoms with Crippen molar-refractivity contribution in [3.05, 3.63) is 118 Å². The molecule has 2 aromatic carbocycles. The van der Waals surface area contributed by atoms with E-state index in [-0.39, 0.29) is 45.8 Å². The first-order valence-electron chi connectivity index (χ1n) is 14.1. The SMILES string of the molecule is Cc1cncc(S(=O)(=O)N2CC(c3ccccc3)CC2C(=O)NC(Cc2ccc(NC(=O)c3c(Cl)cncc3Cl)cc2)C(=O)O)c1. The summed E-state index contributed by atoms with van der Waals surface area (Å²) in [5, 5.41) is 15.4. The van der Waals surface area contributed by atoms with E-state index in [0.29, 0.717) is 16.8 Å². The molecule has 3 unspecified atom stereocenters. The topological polar surface area (TPSA) is 159 Å². The van der Waals surface area contributed by atoms with Crippen LogP contribution in [0.25, 0.3) is 0 Å². The molecule has 3 N–H and O–H groups in total. The monoisotopic (exact) mass is 681 g/mol. The number of aromatic nitrogens is 2. The van der Waals surface area contributed by atoms with E-state index in [4.69, 9.17) is 23.2 Å². The number of rotatable bonds is 10. The highest BCUT2D eigenvalue weighted by Crippen LogP contribution is 2.36. The third-order valence-corrected chi connectivity index (χ3v) is 10.0. The molecule has 14 heteroatoms. The molecule has 1 aliphatic rings. The maximum atomic E-state index is 13.8. The van der Waals surface area contributed by atoms with Crippen LogP contribution < -0.4 is 10.6 Å². The average Bonchev–Trinajstić information content (AvgIpc) is 3.49. The Labute approximate surface area is 275 Å². The quantitative estimate of drug-likeness (QED) is 0.217. The number of benzene rings is 2. The van der Waals surface area contributed by atoms with E-state index < -0.39 is 39.9 Å². The number of carboxylic acid groups (broad SMARTS) is 1. The van der Waals surface area contributed by atoms with Crippen molar-refractivity contribution in [2.45, 2.75) is 42.7 Å². The third-order valence-electron chi connectivity index (χ3n) is 7.63. The van der Waals surface area contributed by atoms with Gasteiger partial charge in [0.25, 0.3) is 5.91 Å². The minimum Gasteiger partial charge on any atom is -0.480 e. The van der Waals surface area contributed by atoms with Crippen LogP contribution in [0.4, 0.5) is 5.69 Å². The number of hydrogen-bond donors (Lipinski definition) is 3. The second-order valence-corrected chi connectivity index (χ2v) is 13.6. The molecule has 1 aliphatic heterocycles. The van der Waals surface area contributed by atoms with Gasteiger partial charge in [-0.1, -0.05) is 65.7 Å². The first-order valence-corrected chi connectivity index (χ1v) is 16.3. The fourth-order valence-electron chi connectivity index (χ4n) is 5.33. The molecule has 1 saturated heterocycles. The van der Waals surface area contributed by atoms with Crippen molar-refractivity contribution in [3.8, 4) is 0 Å². The summed E-state index contributed by atoms with van der Waals surface area (Å²) < 4.78 is 28.7. The molecule has 46 heavy (non-hydrogen) atoms. The van der Waals surface area contributed by atoms with Crippen molar-refractivity contribution < 1.29 is 27.9 Å². The fraction of sp³-hybridized carbons (Fsp3) is 0.219. The van der Waals surface area contributed by atoms with E-state index in [0.717, 1.165) is 9.87 Å². The molecule has 11 nitrogen and oxygen atoms in total. The molecule has 238 valence electrons. The van der Waals surface area contributed by atoms with Gasteiger partial charge in [0, 0.05) is 43.4 Å². The largest absolute Gasteiger partial charge is 0.480 e. The highest BCUT2D eigenvalue weighted by Gasteiger charge is 2.45. The van der Waals surface area contributed by atoms with E-state index in [1.165, 1.54) is 30.9 Å². The summed E-state index contributed by atoms with van der Waals surface area (Å²) in [5.41, 5.74) is 2.53. The van der Waals surface area contributed by atoms with Gasteiger partial charge in [0.15, 0.2) is 0 Å². The van der Waals surface area contributed by atoms with Gasteiger partial charge < -0.3 is 15.7 Å². The summed E-state index contributed by atoms with van der Waals surface area (Å²) in [6, 6.07) is 14.6. The maximum Gasteiger partial charge on any atom is 0.326 e. The third kappa shape index (κ3) is 7.37. The second-order valence-electron chi connectivity index (χ2n) is 10.9. The molecule has 0 spiro atoms. The highest BCUT2D eigenvalue weighted by atomic mass is 35.5. The Kier molecular flexibility index (Phi) is 10.0. The number of pyridine rings is 2. The Bertz CT molecular complexity index is 1860. The first kappa shape index (κ1) is 33.0. The highest BCUT2D eigenvalue weighted by molar-refractivity contribution is 7.89. The fourth-order valence-corrected chi connectivity index (χ4v) is 7.56. The number of carboxylic acids is 1. The number of hydrogen-bond acceptors (Lipinski definition) is 7. The molecule has 3 heterocycles. The lowest BCUT2D eigenvalue weighted by molar-refractivity contribution is -0.142. The summed E-state index contributed by atoms with van der Waals surface area (Å²) in [6.07, 6.45) is 5.44. The second kappa shape index (κ2) is 14.0. The van der Waals surface area contributed by atoms with Gasteiger partial charge in [-0.2, -0.15) is 4.31 Å². The molecule has 5 rings (SSSR count). The Morgan fingerprint density at radius 2 is 1.63 bits per heavy atom. The van der Waals surface area contributed by atoms with Crippen LogP contribution in [0.5, 0.6) is 0 Å². The normalized spacial score (nSPS) is 17.3. The molecule has 0 radical (unpaired) electrons. The number of amides is 2. The van der Waals surface area contributed by atoms with Crippen molar-refractivity contribution in [1.82, 2.24) is 19.6 Å². The number of sulfonamides is 1. The zero-order chi connectivity index (χ0) is 33.0. The smallest absolute Gasteiger partial charge is 0.326 e. The Morgan fingerprint density at radius 1 is 0.978 bits per heavy atom. The number of anilines is 1. The van der Waals surface area contributed by atoms with Crippen LogP contribution >= 0.6 is 23.2 Å². The van der Waals surface area contributed by atoms with Crippen LogP contribution in [0.15, 0.2) is 90.3 Å². The molecule has 2 amide bonds. The first-order chi connectivity index (χ1) is 21.9. The van der Waals surface area contributed by atoms with Gasteiger partial charge in [0.05, 0.1) is 15.6 Å². The van der Waals surface area contributed by atoms with Gasteiger partial charge in [-0.25, -0.2) is 13.2 Å². The van der Waals surface area contributed by atoms with E-state index in [1.807, 2.05) is 30.3 Å². The molecule has 2 aromatic heterocycles. The van der Waals surface area contributed by atoms with Crippen LogP contribution in [0.2, 0.25) is 10.0 Å². The van der Waals surface area contributed by atoms with Gasteiger partial charge in [0.2, 0.25) is 15.9 Å². The Morgan fingerprint density at radius 3 is 2.26 bits per heavy atom. The Balaban J connectivity index is 1.32. The maximum absolute atomic E-state index is 13.8. The standard InChI is InChI=1S/C32H29Cl2N5O6S/c1-19-11-24(15-35-14-19)46(44,45)39-18-22(21-5-3-2-4-6-21)13-28(39)30(40)38-27(32(42)43)12-20-7-9-23(10-8-20)37-31(41)29-25(33)16-36-17-26(29)34/h2-11,14-17,22,27-28H,12-13,18H2,1H3,(H,37,41)(H,38,40)(H,42,43). The van der Waals surface area contributed by atoms with Gasteiger partial charge in [-0.15, -0.1) is 0 Å². The van der Waals surface area contributed by atoms with Crippen LogP contribution in [0, 0.1) is 6.92 Å². The average molecular weight is 683 g/mol. The number of nitrogens with zero attached hydrogens (tertiary/aromatic N) is 3. The summed E-state index contributed by atoms with van der Waals surface area (Å²) in [7, 11) is -4.14. The predicted octanol–water partition coefficient (Wildman–Crippen LogP) is 4.70. The number of carbonyl (C=O) groups is 3. The summed E-state index contributed by atoms with van der Waals surface area (Å²) >= 11 is 12.1. The molecule has 1 fully saturated rings. The Hall–Kier alpha value is -4.36. The minimum atomic E-state index is -4.14. The summed E-state index contributed by atoms with van der Waals surface area (Å²) in [5.74, 6) is -2.84. The van der Waals surface area contributed by atoms with Crippen LogP contribution in [0.1, 0.15) is 39.4 Å². The zero-order valence-corrected chi connectivity index (χ0v) is 26.8. The van der Waals surface area contributed by atoms with E-state index in [9.17, 15) is 27.9 Å². The van der Waals surface area contributed by atoms with Gasteiger partial charge in [-0.05, 0) is 54.2 Å². The van der Waals surface area contributed by atoms with Crippen LogP contribution in [-0.4, -0.2) is 64.2 Å². The molecule has 0 saturated carbocycles. The zero-order valence-electron chi connectivity index (χ0n) is 24.4. The number of carbonyl (C=O) groups excluding carboxylic acids is 2. The number of aryl methyl sites for hydroxylation is 1. The van der Waals surface area contributed by atoms with E-state index >= 15 is 0 Å². The van der Waals surface area contributed by atoms with Gasteiger partial charge >= 0.3 is 5.97 Å². The lowest BCUT2D eigenvalue weighted by Crippen LogP contribution is -2.51. The van der Waals surface area contributed by atoms with Gasteiger partial charge in [0.1, 0.15) is 17.0 Å². The van der Waals surface area contributed by atoms with Crippen LogP contribution in [-0.2, 0) is 26.0 Å². The molecule has 3 atom stereocenters. The van der Waals surface area contributed by atoms with Crippen molar-refractivity contribution in [2.24, 2.45) is 0 Å². The molecule has 0 bridgehead atoms. The molecule has 4 aromatic rings. The lowest BCUT2D eigenvalue weighted by atomic mass is 9.96. The van der Waals surface area contributed by atoms with Crippen molar-refractivity contribution >= 4 is 56.7 Å². The summed E-state index contributed by atoms with van der Waals surface area (Å²) in [6.45, 7) is 1.76. The van der Waals surface area contributed by atoms with Gasteiger partial charge in [-0.3, -0.25) is 19.6 Å². The minimum absolute atomic E-state index is 0.0409. The van der Waals surface area contributed by atoms with Crippen molar-refractivity contribution in [3.63, 3.8) is 0 Å². The lowest BCUT2D eigenvalue weighted by Gasteiger charge is -2.25. The summed E-state index contributed by atoms with van der Waals surface area (Å²) in [4.78, 5) is 46.4. The number of aliphatic carboxylic acids is 1. The number of nitrogens with one attached hydrogen (secondary N) is 2. The van der Waals surface area contributed by atoms with Crippen LogP contribution in [0.3, 0.4) is 0 Å². The predicted molar refractivity (Wildman–Crippen MR) is 172 cm³/mol. The van der Waals surface area contributed by atoms with Crippen molar-refractivity contribution in [1.29, 1.82) is 0 Å². The van der Waals surface area contributed by atoms with E-state index in [1.54, 1.807) is 31.2 Å². The van der Waals surface area contributed by atoms with Crippen molar-refractivity contribution in [2.75, 3.05) is 11.9 Å². The number of halogens is 2. The van der Waals surface area contributed by atoms with E-state index in [2.05, 4.69) is 20.6 Å². The molecular formula is C32H29Cl2N5O6S. The molecular weight excluding hydrogens is 653 g/mol. The molecule has 0 aliphatic carbocycles.